The van der Waals surface area contributed by atoms with Crippen molar-refractivity contribution in [3.05, 3.63) is 29.3 Å². The zero-order valence-electron chi connectivity index (χ0n) is 8.92. The molecule has 3 nitrogen and oxygen atoms in total. The second-order valence-electron chi connectivity index (χ2n) is 4.13. The summed E-state index contributed by atoms with van der Waals surface area (Å²) in [5, 5.41) is 2.94. The molecule has 1 heterocycles. The first kappa shape index (κ1) is 10.2. The van der Waals surface area contributed by atoms with E-state index in [1.54, 1.807) is 0 Å². The molecule has 0 saturated heterocycles. The van der Waals surface area contributed by atoms with Crippen molar-refractivity contribution in [2.45, 2.75) is 19.8 Å². The van der Waals surface area contributed by atoms with Gasteiger partial charge in [-0.1, -0.05) is 12.1 Å². The maximum absolute atomic E-state index is 11.7. The molecule has 0 aromatic heterocycles. The average Bonchev–Trinajstić information content (AvgIpc) is 2.20. The van der Waals surface area contributed by atoms with Gasteiger partial charge in [-0.3, -0.25) is 4.79 Å². The van der Waals surface area contributed by atoms with E-state index in [1.165, 1.54) is 11.1 Å². The van der Waals surface area contributed by atoms with Crippen LogP contribution in [0, 0.1) is 12.8 Å². The predicted molar refractivity (Wildman–Crippen MR) is 60.7 cm³/mol. The molecule has 1 aliphatic rings. The molecule has 1 atom stereocenters. The summed E-state index contributed by atoms with van der Waals surface area (Å²) in [6.07, 6.45) is 1.58. The van der Waals surface area contributed by atoms with Gasteiger partial charge in [0.2, 0.25) is 5.91 Å². The Labute approximate surface area is 89.7 Å². The highest BCUT2D eigenvalue weighted by molar-refractivity contribution is 5.95. The van der Waals surface area contributed by atoms with E-state index >= 15 is 0 Å². The number of rotatable bonds is 2. The number of carbonyl (C=O) groups is 1. The van der Waals surface area contributed by atoms with Gasteiger partial charge in [-0.2, -0.15) is 0 Å². The van der Waals surface area contributed by atoms with Crippen molar-refractivity contribution in [2.24, 2.45) is 11.7 Å². The van der Waals surface area contributed by atoms with Crippen LogP contribution in [0.1, 0.15) is 17.5 Å². The standard InChI is InChI=1S/C12H16N2O/c1-8-2-3-9-7-10(4-5-13)12(15)14-11(9)6-8/h2-3,6,10H,4-5,7,13H2,1H3,(H,14,15). The number of anilines is 1. The topological polar surface area (TPSA) is 55.1 Å². The first-order valence-corrected chi connectivity index (χ1v) is 5.31. The minimum absolute atomic E-state index is 0.0465. The van der Waals surface area contributed by atoms with Crippen molar-refractivity contribution >= 4 is 11.6 Å². The Hall–Kier alpha value is -1.35. The molecule has 2 rings (SSSR count). The van der Waals surface area contributed by atoms with Gasteiger partial charge in [0, 0.05) is 11.6 Å². The van der Waals surface area contributed by atoms with Gasteiger partial charge in [-0.25, -0.2) is 0 Å². The molecule has 1 amide bonds. The molecule has 0 radical (unpaired) electrons. The van der Waals surface area contributed by atoms with E-state index in [2.05, 4.69) is 17.4 Å². The first-order chi connectivity index (χ1) is 7.20. The number of carbonyl (C=O) groups excluding carboxylic acids is 1. The zero-order chi connectivity index (χ0) is 10.8. The third kappa shape index (κ3) is 2.02. The Morgan fingerprint density at radius 2 is 2.33 bits per heavy atom. The molecular formula is C12H16N2O. The van der Waals surface area contributed by atoms with Crippen molar-refractivity contribution in [3.8, 4) is 0 Å². The van der Waals surface area contributed by atoms with E-state index in [-0.39, 0.29) is 11.8 Å². The fourth-order valence-corrected chi connectivity index (χ4v) is 2.01. The normalized spacial score (nSPS) is 19.6. The Balaban J connectivity index is 2.26. The Kier molecular flexibility index (Phi) is 2.73. The van der Waals surface area contributed by atoms with Crippen molar-refractivity contribution in [1.29, 1.82) is 0 Å². The summed E-state index contributed by atoms with van der Waals surface area (Å²) in [5.41, 5.74) is 8.85. The van der Waals surface area contributed by atoms with Gasteiger partial charge in [-0.15, -0.1) is 0 Å². The SMILES string of the molecule is Cc1ccc2c(c1)NC(=O)C(CCN)C2. The van der Waals surface area contributed by atoms with Crippen LogP contribution in [-0.4, -0.2) is 12.5 Å². The van der Waals surface area contributed by atoms with E-state index < -0.39 is 0 Å². The fraction of sp³-hybridized carbons (Fsp3) is 0.417. The molecule has 3 N–H and O–H groups in total. The summed E-state index contributed by atoms with van der Waals surface area (Å²) < 4.78 is 0. The largest absolute Gasteiger partial charge is 0.330 e. The zero-order valence-corrected chi connectivity index (χ0v) is 8.92. The summed E-state index contributed by atoms with van der Waals surface area (Å²) in [6.45, 7) is 2.59. The van der Waals surface area contributed by atoms with Gasteiger partial charge < -0.3 is 11.1 Å². The van der Waals surface area contributed by atoms with Gasteiger partial charge in [0.25, 0.3) is 0 Å². The van der Waals surface area contributed by atoms with Crippen molar-refractivity contribution in [3.63, 3.8) is 0 Å². The minimum atomic E-state index is 0.0465. The molecule has 1 aliphatic heterocycles. The van der Waals surface area contributed by atoms with E-state index in [0.717, 1.165) is 18.5 Å². The van der Waals surface area contributed by atoms with Crippen LogP contribution >= 0.6 is 0 Å². The second kappa shape index (κ2) is 4.03. The van der Waals surface area contributed by atoms with Crippen LogP contribution in [-0.2, 0) is 11.2 Å². The Morgan fingerprint density at radius 1 is 1.53 bits per heavy atom. The van der Waals surface area contributed by atoms with Crippen LogP contribution in [0.15, 0.2) is 18.2 Å². The summed E-state index contributed by atoms with van der Waals surface area (Å²) in [6, 6.07) is 6.19. The van der Waals surface area contributed by atoms with Gasteiger partial charge >= 0.3 is 0 Å². The molecule has 0 fully saturated rings. The lowest BCUT2D eigenvalue weighted by atomic mass is 9.90. The molecule has 1 unspecified atom stereocenters. The molecule has 1 aromatic carbocycles. The van der Waals surface area contributed by atoms with Crippen molar-refractivity contribution < 1.29 is 4.79 Å². The minimum Gasteiger partial charge on any atom is -0.330 e. The highest BCUT2D eigenvalue weighted by Crippen LogP contribution is 2.27. The molecule has 0 bridgehead atoms. The lowest BCUT2D eigenvalue weighted by molar-refractivity contribution is -0.120. The molecule has 15 heavy (non-hydrogen) atoms. The molecule has 3 heteroatoms. The summed E-state index contributed by atoms with van der Waals surface area (Å²) >= 11 is 0. The molecule has 0 spiro atoms. The summed E-state index contributed by atoms with van der Waals surface area (Å²) in [5.74, 6) is 0.156. The van der Waals surface area contributed by atoms with Gasteiger partial charge in [0.1, 0.15) is 0 Å². The number of aryl methyl sites for hydroxylation is 1. The van der Waals surface area contributed by atoms with Crippen LogP contribution in [0.25, 0.3) is 0 Å². The van der Waals surface area contributed by atoms with Gasteiger partial charge in [0.15, 0.2) is 0 Å². The smallest absolute Gasteiger partial charge is 0.227 e. The highest BCUT2D eigenvalue weighted by atomic mass is 16.1. The van der Waals surface area contributed by atoms with Crippen LogP contribution < -0.4 is 11.1 Å². The maximum atomic E-state index is 11.7. The van der Waals surface area contributed by atoms with Crippen LogP contribution in [0.3, 0.4) is 0 Å². The molecule has 0 saturated carbocycles. The van der Waals surface area contributed by atoms with E-state index in [9.17, 15) is 4.79 Å². The van der Waals surface area contributed by atoms with E-state index in [4.69, 9.17) is 5.73 Å². The number of nitrogens with two attached hydrogens (primary N) is 1. The first-order valence-electron chi connectivity index (χ1n) is 5.31. The number of nitrogens with one attached hydrogen (secondary N) is 1. The number of benzene rings is 1. The summed E-state index contributed by atoms with van der Waals surface area (Å²) in [4.78, 5) is 11.7. The summed E-state index contributed by atoms with van der Waals surface area (Å²) in [7, 11) is 0. The van der Waals surface area contributed by atoms with Gasteiger partial charge in [-0.05, 0) is 43.5 Å². The van der Waals surface area contributed by atoms with Crippen LogP contribution in [0.4, 0.5) is 5.69 Å². The molecule has 1 aromatic rings. The number of fused-ring (bicyclic) bond motifs is 1. The third-order valence-corrected chi connectivity index (χ3v) is 2.88. The Bertz CT molecular complexity index is 387. The second-order valence-corrected chi connectivity index (χ2v) is 4.13. The molecule has 80 valence electrons. The maximum Gasteiger partial charge on any atom is 0.227 e. The van der Waals surface area contributed by atoms with E-state index in [0.29, 0.717) is 6.54 Å². The monoisotopic (exact) mass is 204 g/mol. The lowest BCUT2D eigenvalue weighted by Crippen LogP contribution is -2.31. The highest BCUT2D eigenvalue weighted by Gasteiger charge is 2.24. The quantitative estimate of drug-likeness (QED) is 0.766. The number of hydrogen-bond donors (Lipinski definition) is 2. The van der Waals surface area contributed by atoms with Crippen LogP contribution in [0.5, 0.6) is 0 Å². The third-order valence-electron chi connectivity index (χ3n) is 2.88. The Morgan fingerprint density at radius 3 is 3.07 bits per heavy atom. The number of amides is 1. The molecule has 0 aliphatic carbocycles. The fourth-order valence-electron chi connectivity index (χ4n) is 2.01. The van der Waals surface area contributed by atoms with Crippen molar-refractivity contribution in [2.75, 3.05) is 11.9 Å². The van der Waals surface area contributed by atoms with Crippen molar-refractivity contribution in [1.82, 2.24) is 0 Å². The predicted octanol–water partition coefficient (Wildman–Crippen LogP) is 1.45. The average molecular weight is 204 g/mol. The van der Waals surface area contributed by atoms with Crippen LogP contribution in [0.2, 0.25) is 0 Å². The van der Waals surface area contributed by atoms with E-state index in [1.807, 2.05) is 13.0 Å². The van der Waals surface area contributed by atoms with Gasteiger partial charge in [0.05, 0.1) is 0 Å². The number of hydrogen-bond acceptors (Lipinski definition) is 2. The lowest BCUT2D eigenvalue weighted by Gasteiger charge is -2.24. The molecular weight excluding hydrogens is 188 g/mol.